The Morgan fingerprint density at radius 3 is 2.20 bits per heavy atom. The molecule has 30 heavy (non-hydrogen) atoms. The fourth-order valence-electron chi connectivity index (χ4n) is 2.57. The van der Waals surface area contributed by atoms with Gasteiger partial charge in [0.25, 0.3) is 0 Å². The highest BCUT2D eigenvalue weighted by Gasteiger charge is 2.08. The summed E-state index contributed by atoms with van der Waals surface area (Å²) in [6.45, 7) is -2.62. The molecule has 1 aromatic heterocycles. The number of anilines is 2. The Labute approximate surface area is 171 Å². The highest BCUT2D eigenvalue weighted by Crippen LogP contribution is 2.17. The molecule has 0 aliphatic heterocycles. The van der Waals surface area contributed by atoms with Crippen LogP contribution in [0.5, 0.6) is 5.75 Å². The molecule has 2 aromatic carbocycles. The smallest absolute Gasteiger partial charge is 0.387 e. The lowest BCUT2D eigenvalue weighted by atomic mass is 10.1. The molecule has 3 N–H and O–H groups in total. The van der Waals surface area contributed by atoms with E-state index in [9.17, 15) is 18.4 Å². The zero-order valence-corrected chi connectivity index (χ0v) is 15.7. The van der Waals surface area contributed by atoms with Crippen molar-refractivity contribution in [2.75, 3.05) is 10.6 Å². The zero-order chi connectivity index (χ0) is 21.3. The second-order valence-corrected chi connectivity index (χ2v) is 6.21. The topological polar surface area (TPSA) is 92.6 Å². The summed E-state index contributed by atoms with van der Waals surface area (Å²) < 4.78 is 33.7. The molecule has 0 aliphatic carbocycles. The van der Waals surface area contributed by atoms with Crippen LogP contribution in [-0.2, 0) is 17.8 Å². The van der Waals surface area contributed by atoms with E-state index in [0.29, 0.717) is 22.7 Å². The quantitative estimate of drug-likeness (QED) is 0.509. The zero-order valence-electron chi connectivity index (χ0n) is 15.7. The summed E-state index contributed by atoms with van der Waals surface area (Å²) in [6, 6.07) is 15.6. The number of halogens is 2. The van der Waals surface area contributed by atoms with Gasteiger partial charge in [-0.05, 0) is 54.1 Å². The van der Waals surface area contributed by atoms with Crippen LogP contribution in [0.25, 0.3) is 0 Å². The van der Waals surface area contributed by atoms with Crippen molar-refractivity contribution in [3.05, 3.63) is 78.3 Å². The number of hydrogen-bond donors (Lipinski definition) is 3. The first-order chi connectivity index (χ1) is 14.5. The predicted octanol–water partition coefficient (Wildman–Crippen LogP) is 4.38. The normalized spacial score (nSPS) is 10.5. The van der Waals surface area contributed by atoms with Gasteiger partial charge < -0.3 is 25.1 Å². The fraction of sp³-hybridized carbons (Fsp3) is 0.143. The average Bonchev–Trinajstić information content (AvgIpc) is 3.23. The van der Waals surface area contributed by atoms with Crippen LogP contribution in [0.4, 0.5) is 25.0 Å². The van der Waals surface area contributed by atoms with Crippen LogP contribution in [0, 0.1) is 0 Å². The summed E-state index contributed by atoms with van der Waals surface area (Å²) in [7, 11) is 0. The van der Waals surface area contributed by atoms with Crippen molar-refractivity contribution in [1.29, 1.82) is 0 Å². The molecule has 0 unspecified atom stereocenters. The first kappa shape index (κ1) is 20.8. The van der Waals surface area contributed by atoms with Gasteiger partial charge in [-0.3, -0.25) is 4.79 Å². The molecular weight excluding hydrogens is 396 g/mol. The summed E-state index contributed by atoms with van der Waals surface area (Å²) in [5.41, 5.74) is 1.76. The molecule has 0 atom stereocenters. The second-order valence-electron chi connectivity index (χ2n) is 6.21. The summed E-state index contributed by atoms with van der Waals surface area (Å²) >= 11 is 0. The molecule has 0 aliphatic rings. The van der Waals surface area contributed by atoms with Gasteiger partial charge in [-0.25, -0.2) is 4.79 Å². The van der Waals surface area contributed by atoms with Gasteiger partial charge in [-0.15, -0.1) is 0 Å². The lowest BCUT2D eigenvalue weighted by Gasteiger charge is -2.09. The standard InChI is InChI=1S/C21H19F2N3O4/c22-20(23)30-17-9-3-14(4-10-17)12-19(27)25-15-5-7-16(8-6-15)26-21(28)24-13-18-2-1-11-29-18/h1-11,20H,12-13H2,(H,25,27)(H2,24,26,28). The van der Waals surface area contributed by atoms with E-state index in [-0.39, 0.29) is 30.7 Å². The molecule has 9 heteroatoms. The number of alkyl halides is 2. The van der Waals surface area contributed by atoms with Gasteiger partial charge >= 0.3 is 12.6 Å². The van der Waals surface area contributed by atoms with Gasteiger partial charge in [0.05, 0.1) is 19.2 Å². The van der Waals surface area contributed by atoms with Crippen molar-refractivity contribution >= 4 is 23.3 Å². The van der Waals surface area contributed by atoms with E-state index in [2.05, 4.69) is 20.7 Å². The highest BCUT2D eigenvalue weighted by molar-refractivity contribution is 5.93. The van der Waals surface area contributed by atoms with E-state index < -0.39 is 6.61 Å². The van der Waals surface area contributed by atoms with E-state index in [0.717, 1.165) is 0 Å². The number of hydrogen-bond acceptors (Lipinski definition) is 4. The van der Waals surface area contributed by atoms with Crippen LogP contribution >= 0.6 is 0 Å². The number of furan rings is 1. The summed E-state index contributed by atoms with van der Waals surface area (Å²) in [4.78, 5) is 24.0. The van der Waals surface area contributed by atoms with Crippen LogP contribution in [-0.4, -0.2) is 18.5 Å². The Hall–Kier alpha value is -3.88. The van der Waals surface area contributed by atoms with Gasteiger partial charge in [0, 0.05) is 11.4 Å². The van der Waals surface area contributed by atoms with Crippen LogP contribution in [0.1, 0.15) is 11.3 Å². The SMILES string of the molecule is O=C(Cc1ccc(OC(F)F)cc1)Nc1ccc(NC(=O)NCc2ccco2)cc1. The van der Waals surface area contributed by atoms with Gasteiger partial charge in [0.2, 0.25) is 5.91 Å². The number of carbonyl (C=O) groups excluding carboxylic acids is 2. The van der Waals surface area contributed by atoms with E-state index in [1.165, 1.54) is 18.4 Å². The Kier molecular flexibility index (Phi) is 6.99. The van der Waals surface area contributed by atoms with Crippen molar-refractivity contribution in [3.63, 3.8) is 0 Å². The van der Waals surface area contributed by atoms with E-state index in [4.69, 9.17) is 4.42 Å². The first-order valence-corrected chi connectivity index (χ1v) is 8.99. The Bertz CT molecular complexity index is 959. The van der Waals surface area contributed by atoms with Crippen molar-refractivity contribution in [3.8, 4) is 5.75 Å². The maximum Gasteiger partial charge on any atom is 0.387 e. The first-order valence-electron chi connectivity index (χ1n) is 8.99. The monoisotopic (exact) mass is 415 g/mol. The third-order valence-corrected chi connectivity index (χ3v) is 3.94. The average molecular weight is 415 g/mol. The molecule has 0 bridgehead atoms. The van der Waals surface area contributed by atoms with E-state index in [1.807, 2.05) is 0 Å². The maximum atomic E-state index is 12.2. The molecule has 0 fully saturated rings. The maximum absolute atomic E-state index is 12.2. The third kappa shape index (κ3) is 6.62. The fourth-order valence-corrected chi connectivity index (χ4v) is 2.57. The van der Waals surface area contributed by atoms with Crippen molar-refractivity contribution in [2.45, 2.75) is 19.6 Å². The molecular formula is C21H19F2N3O4. The molecule has 3 aromatic rings. The van der Waals surface area contributed by atoms with Crippen LogP contribution in [0.2, 0.25) is 0 Å². The number of carbonyl (C=O) groups is 2. The molecule has 1 heterocycles. The highest BCUT2D eigenvalue weighted by atomic mass is 19.3. The minimum Gasteiger partial charge on any atom is -0.467 e. The number of urea groups is 1. The van der Waals surface area contributed by atoms with Crippen LogP contribution in [0.15, 0.2) is 71.3 Å². The molecule has 0 radical (unpaired) electrons. The van der Waals surface area contributed by atoms with Crippen molar-refractivity contribution in [2.24, 2.45) is 0 Å². The molecule has 3 amide bonds. The van der Waals surface area contributed by atoms with Crippen LogP contribution < -0.4 is 20.7 Å². The molecule has 0 spiro atoms. The summed E-state index contributed by atoms with van der Waals surface area (Å²) in [5, 5.41) is 8.06. The van der Waals surface area contributed by atoms with Gasteiger partial charge in [0.1, 0.15) is 11.5 Å². The van der Waals surface area contributed by atoms with Crippen molar-refractivity contribution in [1.82, 2.24) is 5.32 Å². The lowest BCUT2D eigenvalue weighted by Crippen LogP contribution is -2.27. The second kappa shape index (κ2) is 10.1. The number of ether oxygens (including phenoxy) is 1. The number of amides is 3. The van der Waals surface area contributed by atoms with E-state index >= 15 is 0 Å². The minimum absolute atomic E-state index is 0.0328. The molecule has 3 rings (SSSR count). The summed E-state index contributed by atoms with van der Waals surface area (Å²) in [5.74, 6) is 0.402. The van der Waals surface area contributed by atoms with Crippen LogP contribution in [0.3, 0.4) is 0 Å². The Morgan fingerprint density at radius 2 is 1.60 bits per heavy atom. The number of rotatable bonds is 8. The molecule has 7 nitrogen and oxygen atoms in total. The summed E-state index contributed by atoms with van der Waals surface area (Å²) in [6.07, 6.45) is 1.60. The Balaban J connectivity index is 1.45. The number of benzene rings is 2. The predicted molar refractivity (Wildman–Crippen MR) is 106 cm³/mol. The molecule has 156 valence electrons. The van der Waals surface area contributed by atoms with E-state index in [1.54, 1.807) is 48.5 Å². The molecule has 0 saturated heterocycles. The minimum atomic E-state index is -2.89. The van der Waals surface area contributed by atoms with Gasteiger partial charge in [0.15, 0.2) is 0 Å². The largest absolute Gasteiger partial charge is 0.467 e. The number of nitrogens with one attached hydrogen (secondary N) is 3. The lowest BCUT2D eigenvalue weighted by molar-refractivity contribution is -0.115. The Morgan fingerprint density at radius 1 is 0.933 bits per heavy atom. The van der Waals surface area contributed by atoms with Crippen molar-refractivity contribution < 1.29 is 27.5 Å². The van der Waals surface area contributed by atoms with Gasteiger partial charge in [-0.1, -0.05) is 12.1 Å². The van der Waals surface area contributed by atoms with Gasteiger partial charge in [-0.2, -0.15) is 8.78 Å². The molecule has 0 saturated carbocycles. The third-order valence-electron chi connectivity index (χ3n) is 3.94.